The molecule has 0 radical (unpaired) electrons. The third-order valence-electron chi connectivity index (χ3n) is 5.15. The maximum absolute atomic E-state index is 13.1. The van der Waals surface area contributed by atoms with Crippen LogP contribution >= 0.6 is 0 Å². The lowest BCUT2D eigenvalue weighted by Crippen LogP contribution is -2.42. The molecule has 35 heavy (non-hydrogen) atoms. The minimum atomic E-state index is -4.55. The molecule has 0 saturated heterocycles. The molecule has 2 heterocycles. The van der Waals surface area contributed by atoms with Crippen LogP contribution in [0, 0.1) is 6.92 Å². The van der Waals surface area contributed by atoms with Crippen LogP contribution in [0.15, 0.2) is 82.5 Å². The quantitative estimate of drug-likeness (QED) is 0.456. The van der Waals surface area contributed by atoms with Gasteiger partial charge in [0.1, 0.15) is 12.4 Å². The molecule has 0 fully saturated rings. The van der Waals surface area contributed by atoms with Crippen LogP contribution in [0.25, 0.3) is 5.69 Å². The Morgan fingerprint density at radius 1 is 1.00 bits per heavy atom. The Morgan fingerprint density at radius 3 is 2.46 bits per heavy atom. The second-order valence-electron chi connectivity index (χ2n) is 7.82. The number of aromatic nitrogens is 4. The number of nitrogens with zero attached hydrogens (tertiary/aromatic N) is 4. The van der Waals surface area contributed by atoms with Crippen LogP contribution in [0.2, 0.25) is 0 Å². The third-order valence-corrected chi connectivity index (χ3v) is 5.15. The molecule has 180 valence electrons. The van der Waals surface area contributed by atoms with Crippen LogP contribution in [-0.4, -0.2) is 24.8 Å². The summed E-state index contributed by atoms with van der Waals surface area (Å²) < 4.78 is 42.6. The van der Waals surface area contributed by atoms with Crippen molar-refractivity contribution in [3.8, 4) is 5.69 Å². The van der Waals surface area contributed by atoms with Gasteiger partial charge in [0.25, 0.3) is 5.56 Å². The fourth-order valence-electron chi connectivity index (χ4n) is 3.53. The van der Waals surface area contributed by atoms with Gasteiger partial charge in [-0.05, 0) is 30.7 Å². The lowest BCUT2D eigenvalue weighted by atomic mass is 10.2. The lowest BCUT2D eigenvalue weighted by Gasteiger charge is -2.13. The molecule has 0 aliphatic rings. The fraction of sp³-hybridized carbons (Fsp3) is 0.167. The molecule has 1 N–H and O–H groups in total. The molecular weight excluding hydrogens is 463 g/mol. The molecule has 2 aromatic carbocycles. The number of benzene rings is 2. The molecule has 0 bridgehead atoms. The summed E-state index contributed by atoms with van der Waals surface area (Å²) in [6.45, 7) is 1.24. The van der Waals surface area contributed by atoms with Gasteiger partial charge in [0.15, 0.2) is 0 Å². The molecule has 11 heteroatoms. The van der Waals surface area contributed by atoms with Gasteiger partial charge in [0.05, 0.1) is 23.5 Å². The van der Waals surface area contributed by atoms with Crippen molar-refractivity contribution >= 4 is 11.7 Å². The van der Waals surface area contributed by atoms with Crippen molar-refractivity contribution in [3.63, 3.8) is 0 Å². The fourth-order valence-corrected chi connectivity index (χ4v) is 3.53. The van der Waals surface area contributed by atoms with Gasteiger partial charge in [-0.3, -0.25) is 18.7 Å². The maximum Gasteiger partial charge on any atom is 0.416 e. The first-order chi connectivity index (χ1) is 16.6. The smallest absolute Gasteiger partial charge is 0.309 e. The molecule has 0 unspecified atom stereocenters. The van der Waals surface area contributed by atoms with Gasteiger partial charge in [0, 0.05) is 18.3 Å². The third kappa shape index (κ3) is 5.40. The summed E-state index contributed by atoms with van der Waals surface area (Å²) in [5.74, 6) is -0.616. The number of amides is 1. The van der Waals surface area contributed by atoms with Crippen molar-refractivity contribution in [2.45, 2.75) is 26.2 Å². The second-order valence-corrected chi connectivity index (χ2v) is 7.82. The Labute approximate surface area is 196 Å². The number of nitrogens with one attached hydrogen (secondary N) is 1. The molecule has 0 saturated carbocycles. The standard InChI is InChI=1S/C24H20F3N5O3/c1-16-12-20(32(29-16)19-9-5-8-18(13-19)24(25,26)27)28-21(33)15-31-22(34)10-11-30(23(31)35)14-17-6-3-2-4-7-17/h2-13H,14-15H2,1H3,(H,28,33). The highest BCUT2D eigenvalue weighted by atomic mass is 19.4. The summed E-state index contributed by atoms with van der Waals surface area (Å²) >= 11 is 0. The van der Waals surface area contributed by atoms with Gasteiger partial charge in [-0.15, -0.1) is 0 Å². The summed E-state index contributed by atoms with van der Waals surface area (Å²) in [4.78, 5) is 37.9. The van der Waals surface area contributed by atoms with E-state index in [-0.39, 0.29) is 18.1 Å². The van der Waals surface area contributed by atoms with E-state index in [4.69, 9.17) is 0 Å². The predicted octanol–water partition coefficient (Wildman–Crippen LogP) is 3.21. The predicted molar refractivity (Wildman–Crippen MR) is 122 cm³/mol. The van der Waals surface area contributed by atoms with Crippen LogP contribution in [0.5, 0.6) is 0 Å². The highest BCUT2D eigenvalue weighted by molar-refractivity contribution is 5.90. The topological polar surface area (TPSA) is 90.9 Å². The first kappa shape index (κ1) is 23.7. The summed E-state index contributed by atoms with van der Waals surface area (Å²) in [6.07, 6.45) is -3.19. The minimum Gasteiger partial charge on any atom is -0.309 e. The molecule has 0 atom stereocenters. The number of hydrogen-bond acceptors (Lipinski definition) is 4. The molecule has 2 aromatic heterocycles. The summed E-state index contributed by atoms with van der Waals surface area (Å²) in [6, 6.07) is 16.3. The van der Waals surface area contributed by atoms with E-state index in [1.54, 1.807) is 6.92 Å². The summed E-state index contributed by atoms with van der Waals surface area (Å²) in [5.41, 5.74) is -0.818. The molecule has 0 spiro atoms. The first-order valence-electron chi connectivity index (χ1n) is 10.5. The van der Waals surface area contributed by atoms with Crippen LogP contribution in [0.3, 0.4) is 0 Å². The first-order valence-corrected chi connectivity index (χ1v) is 10.5. The molecule has 4 rings (SSSR count). The zero-order chi connectivity index (χ0) is 25.2. The normalized spacial score (nSPS) is 11.4. The molecule has 0 aliphatic carbocycles. The minimum absolute atomic E-state index is 0.0883. The SMILES string of the molecule is Cc1cc(NC(=O)Cn2c(=O)ccn(Cc3ccccc3)c2=O)n(-c2cccc(C(F)(F)F)c2)n1. The molecule has 1 amide bonds. The second kappa shape index (κ2) is 9.45. The van der Waals surface area contributed by atoms with Gasteiger partial charge < -0.3 is 5.32 Å². The average Bonchev–Trinajstić information content (AvgIpc) is 3.18. The van der Waals surface area contributed by atoms with Crippen LogP contribution in [0.4, 0.5) is 19.0 Å². The Morgan fingerprint density at radius 2 is 1.74 bits per heavy atom. The Hall–Kier alpha value is -4.41. The number of aryl methyl sites for hydroxylation is 1. The summed E-state index contributed by atoms with van der Waals surface area (Å²) in [7, 11) is 0. The van der Waals surface area contributed by atoms with E-state index >= 15 is 0 Å². The van der Waals surface area contributed by atoms with Crippen molar-refractivity contribution < 1.29 is 18.0 Å². The van der Waals surface area contributed by atoms with Crippen LogP contribution in [-0.2, 0) is 24.1 Å². The average molecular weight is 483 g/mol. The van der Waals surface area contributed by atoms with Crippen molar-refractivity contribution in [1.82, 2.24) is 18.9 Å². The summed E-state index contributed by atoms with van der Waals surface area (Å²) in [5, 5.41) is 6.69. The van der Waals surface area contributed by atoms with E-state index in [0.717, 1.165) is 26.9 Å². The number of carbonyl (C=O) groups is 1. The molecule has 4 aromatic rings. The van der Waals surface area contributed by atoms with Crippen LogP contribution in [0.1, 0.15) is 16.8 Å². The number of hydrogen-bond donors (Lipinski definition) is 1. The Bertz CT molecular complexity index is 1490. The largest absolute Gasteiger partial charge is 0.416 e. The van der Waals surface area contributed by atoms with E-state index in [2.05, 4.69) is 10.4 Å². The van der Waals surface area contributed by atoms with Gasteiger partial charge >= 0.3 is 11.9 Å². The number of rotatable bonds is 6. The van der Waals surface area contributed by atoms with Gasteiger partial charge in [0.2, 0.25) is 5.91 Å². The molecule has 0 aliphatic heterocycles. The van der Waals surface area contributed by atoms with Crippen molar-refractivity contribution in [1.29, 1.82) is 0 Å². The van der Waals surface area contributed by atoms with Crippen molar-refractivity contribution in [2.75, 3.05) is 5.32 Å². The molecular formula is C24H20F3N5O3. The van der Waals surface area contributed by atoms with E-state index in [1.165, 1.54) is 35.0 Å². The molecule has 8 nitrogen and oxygen atoms in total. The Balaban J connectivity index is 1.58. The van der Waals surface area contributed by atoms with Crippen LogP contribution < -0.4 is 16.6 Å². The number of anilines is 1. The van der Waals surface area contributed by atoms with E-state index in [0.29, 0.717) is 5.69 Å². The van der Waals surface area contributed by atoms with E-state index < -0.39 is 35.4 Å². The monoisotopic (exact) mass is 483 g/mol. The van der Waals surface area contributed by atoms with Gasteiger partial charge in [-0.25, -0.2) is 9.48 Å². The zero-order valence-electron chi connectivity index (χ0n) is 18.5. The lowest BCUT2D eigenvalue weighted by molar-refractivity contribution is -0.137. The number of carbonyl (C=O) groups excluding carboxylic acids is 1. The highest BCUT2D eigenvalue weighted by Crippen LogP contribution is 2.31. The van der Waals surface area contributed by atoms with Crippen molar-refractivity contribution in [3.05, 3.63) is 111 Å². The van der Waals surface area contributed by atoms with E-state index in [1.807, 2.05) is 30.3 Å². The zero-order valence-corrected chi connectivity index (χ0v) is 18.5. The number of halogens is 3. The van der Waals surface area contributed by atoms with Gasteiger partial charge in [-0.1, -0.05) is 36.4 Å². The Kier molecular flexibility index (Phi) is 6.41. The van der Waals surface area contributed by atoms with Gasteiger partial charge in [-0.2, -0.15) is 18.3 Å². The number of alkyl halides is 3. The highest BCUT2D eigenvalue weighted by Gasteiger charge is 2.30. The maximum atomic E-state index is 13.1. The van der Waals surface area contributed by atoms with E-state index in [9.17, 15) is 27.6 Å². The van der Waals surface area contributed by atoms with Crippen molar-refractivity contribution in [2.24, 2.45) is 0 Å².